The van der Waals surface area contributed by atoms with E-state index >= 15 is 0 Å². The van der Waals surface area contributed by atoms with Gasteiger partial charge in [0.1, 0.15) is 11.8 Å². The zero-order valence-corrected chi connectivity index (χ0v) is 18.5. The lowest BCUT2D eigenvalue weighted by Gasteiger charge is -2.31. The lowest BCUT2D eigenvalue weighted by molar-refractivity contribution is -0.141. The zero-order valence-electron chi connectivity index (χ0n) is 18.5. The van der Waals surface area contributed by atoms with Crippen LogP contribution in [0.15, 0.2) is 79.0 Å². The highest BCUT2D eigenvalue weighted by atomic mass is 16.5. The van der Waals surface area contributed by atoms with Crippen LogP contribution in [0.2, 0.25) is 0 Å². The second-order valence-electron chi connectivity index (χ2n) is 7.47. The Morgan fingerprint density at radius 2 is 1.72 bits per heavy atom. The van der Waals surface area contributed by atoms with Gasteiger partial charge in [-0.3, -0.25) is 14.6 Å². The second kappa shape index (κ2) is 11.6. The molecule has 1 heterocycles. The number of ether oxygens (including phenoxy) is 1. The normalized spacial score (nSPS) is 11.4. The summed E-state index contributed by atoms with van der Waals surface area (Å²) in [6.07, 6.45) is 2.76. The number of carbonyl (C=O) groups is 2. The monoisotopic (exact) mass is 431 g/mol. The molecule has 0 aliphatic heterocycles. The molecular formula is C26H29N3O3. The van der Waals surface area contributed by atoms with Gasteiger partial charge in [0.15, 0.2) is 0 Å². The van der Waals surface area contributed by atoms with E-state index in [2.05, 4.69) is 10.3 Å². The molecule has 0 spiro atoms. The Bertz CT molecular complexity index is 992. The lowest BCUT2D eigenvalue weighted by Crippen LogP contribution is -2.43. The first-order chi connectivity index (χ1) is 15.6. The van der Waals surface area contributed by atoms with Crippen LogP contribution in [0, 0.1) is 0 Å². The van der Waals surface area contributed by atoms with Crippen LogP contribution in [0.5, 0.6) is 5.75 Å². The van der Waals surface area contributed by atoms with Crippen LogP contribution in [0.3, 0.4) is 0 Å². The first kappa shape index (κ1) is 23.0. The number of hydrogen-bond acceptors (Lipinski definition) is 4. The molecule has 0 radical (unpaired) electrons. The third-order valence-electron chi connectivity index (χ3n) is 5.14. The van der Waals surface area contributed by atoms with Crippen LogP contribution in [-0.4, -0.2) is 28.8 Å². The number of carbonyl (C=O) groups excluding carboxylic acids is 2. The second-order valence-corrected chi connectivity index (χ2v) is 7.47. The summed E-state index contributed by atoms with van der Waals surface area (Å²) in [7, 11) is 1.61. The summed E-state index contributed by atoms with van der Waals surface area (Å²) in [5.41, 5.74) is 2.45. The third kappa shape index (κ3) is 6.17. The van der Waals surface area contributed by atoms with Crippen LogP contribution in [0.4, 0.5) is 0 Å². The summed E-state index contributed by atoms with van der Waals surface area (Å²) in [6, 6.07) is 21.8. The van der Waals surface area contributed by atoms with E-state index in [1.54, 1.807) is 18.2 Å². The van der Waals surface area contributed by atoms with Gasteiger partial charge < -0.3 is 15.0 Å². The number of benzene rings is 2. The summed E-state index contributed by atoms with van der Waals surface area (Å²) in [4.78, 5) is 32.5. The highest BCUT2D eigenvalue weighted by Gasteiger charge is 2.31. The smallest absolute Gasteiger partial charge is 0.247 e. The van der Waals surface area contributed by atoms with Crippen molar-refractivity contribution in [3.8, 4) is 5.75 Å². The summed E-state index contributed by atoms with van der Waals surface area (Å²) >= 11 is 0. The molecule has 0 bridgehead atoms. The van der Waals surface area contributed by atoms with Crippen molar-refractivity contribution in [3.05, 3.63) is 95.8 Å². The number of methoxy groups -OCH3 is 1. The van der Waals surface area contributed by atoms with Crippen molar-refractivity contribution in [1.29, 1.82) is 0 Å². The standard InChI is InChI=1S/C26H29N3O3/c1-3-9-24(30)29(19-20-13-15-23(32-2)16-14-20)25(21-10-5-4-6-11-21)26(31)28-18-22-12-7-8-17-27-22/h4-8,10-17,25H,3,9,18-19H2,1-2H3,(H,28,31)/t25-/m1/s1. The molecule has 0 saturated carbocycles. The molecule has 0 aliphatic carbocycles. The molecule has 166 valence electrons. The molecule has 3 aromatic rings. The van der Waals surface area contributed by atoms with Gasteiger partial charge in [0.05, 0.1) is 19.3 Å². The molecule has 0 aliphatic rings. The molecule has 1 N–H and O–H groups in total. The van der Waals surface area contributed by atoms with Gasteiger partial charge in [0, 0.05) is 19.2 Å². The molecule has 6 nitrogen and oxygen atoms in total. The fraction of sp³-hybridized carbons (Fsp3) is 0.269. The maximum absolute atomic E-state index is 13.4. The first-order valence-electron chi connectivity index (χ1n) is 10.8. The molecule has 2 aromatic carbocycles. The van der Waals surface area contributed by atoms with Crippen molar-refractivity contribution in [2.24, 2.45) is 0 Å². The lowest BCUT2D eigenvalue weighted by atomic mass is 10.0. The number of hydrogen-bond donors (Lipinski definition) is 1. The number of pyridine rings is 1. The Morgan fingerprint density at radius 3 is 2.34 bits per heavy atom. The molecule has 0 saturated heterocycles. The molecule has 1 atom stereocenters. The predicted molar refractivity (Wildman–Crippen MR) is 124 cm³/mol. The summed E-state index contributed by atoms with van der Waals surface area (Å²) in [5, 5.41) is 2.96. The van der Waals surface area contributed by atoms with Crippen molar-refractivity contribution in [3.63, 3.8) is 0 Å². The Labute approximate surface area is 189 Å². The molecule has 1 aromatic heterocycles. The van der Waals surface area contributed by atoms with Gasteiger partial charge in [0.2, 0.25) is 11.8 Å². The summed E-state index contributed by atoms with van der Waals surface area (Å²) < 4.78 is 5.24. The van der Waals surface area contributed by atoms with Crippen LogP contribution in [0.25, 0.3) is 0 Å². The fourth-order valence-corrected chi connectivity index (χ4v) is 3.49. The average molecular weight is 432 g/mol. The molecular weight excluding hydrogens is 402 g/mol. The molecule has 6 heteroatoms. The summed E-state index contributed by atoms with van der Waals surface area (Å²) in [5.74, 6) is 0.442. The van der Waals surface area contributed by atoms with Crippen molar-refractivity contribution < 1.29 is 14.3 Å². The van der Waals surface area contributed by atoms with E-state index in [4.69, 9.17) is 4.74 Å². The molecule has 3 rings (SSSR count). The minimum absolute atomic E-state index is 0.0647. The van der Waals surface area contributed by atoms with Gasteiger partial charge in [-0.05, 0) is 41.8 Å². The minimum atomic E-state index is -0.749. The predicted octanol–water partition coefficient (Wildman–Crippen LogP) is 4.28. The maximum atomic E-state index is 13.4. The molecule has 0 unspecified atom stereocenters. The van der Waals surface area contributed by atoms with Gasteiger partial charge in [-0.25, -0.2) is 0 Å². The van der Waals surface area contributed by atoms with E-state index in [-0.39, 0.29) is 11.8 Å². The number of aromatic nitrogens is 1. The van der Waals surface area contributed by atoms with Crippen LogP contribution in [0.1, 0.15) is 42.6 Å². The highest BCUT2D eigenvalue weighted by Crippen LogP contribution is 2.25. The first-order valence-corrected chi connectivity index (χ1v) is 10.8. The largest absolute Gasteiger partial charge is 0.497 e. The quantitative estimate of drug-likeness (QED) is 0.520. The van der Waals surface area contributed by atoms with Crippen molar-refractivity contribution in [1.82, 2.24) is 15.2 Å². The minimum Gasteiger partial charge on any atom is -0.497 e. The SMILES string of the molecule is CCCC(=O)N(Cc1ccc(OC)cc1)[C@@H](C(=O)NCc1ccccn1)c1ccccc1. The Hall–Kier alpha value is -3.67. The van der Waals surface area contributed by atoms with E-state index in [9.17, 15) is 9.59 Å². The Balaban J connectivity index is 1.90. The van der Waals surface area contributed by atoms with E-state index in [1.165, 1.54) is 0 Å². The highest BCUT2D eigenvalue weighted by molar-refractivity contribution is 5.88. The van der Waals surface area contributed by atoms with Crippen molar-refractivity contribution >= 4 is 11.8 Å². The molecule has 0 fully saturated rings. The number of amides is 2. The van der Waals surface area contributed by atoms with E-state index < -0.39 is 6.04 Å². The Kier molecular flexibility index (Phi) is 8.37. The fourth-order valence-electron chi connectivity index (χ4n) is 3.49. The van der Waals surface area contributed by atoms with Gasteiger partial charge >= 0.3 is 0 Å². The molecule has 2 amide bonds. The number of nitrogens with one attached hydrogen (secondary N) is 1. The van der Waals surface area contributed by atoms with Crippen LogP contribution in [-0.2, 0) is 22.7 Å². The van der Waals surface area contributed by atoms with Gasteiger partial charge in [0.25, 0.3) is 0 Å². The summed E-state index contributed by atoms with van der Waals surface area (Å²) in [6.45, 7) is 2.57. The van der Waals surface area contributed by atoms with Crippen molar-refractivity contribution in [2.45, 2.75) is 38.9 Å². The molecule has 32 heavy (non-hydrogen) atoms. The van der Waals surface area contributed by atoms with Gasteiger partial charge in [-0.2, -0.15) is 0 Å². The van der Waals surface area contributed by atoms with Crippen LogP contribution < -0.4 is 10.1 Å². The van der Waals surface area contributed by atoms with Crippen LogP contribution >= 0.6 is 0 Å². The van der Waals surface area contributed by atoms with E-state index in [0.29, 0.717) is 25.9 Å². The Morgan fingerprint density at radius 1 is 1.00 bits per heavy atom. The number of rotatable bonds is 10. The maximum Gasteiger partial charge on any atom is 0.247 e. The topological polar surface area (TPSA) is 71.5 Å². The number of nitrogens with zero attached hydrogens (tertiary/aromatic N) is 2. The average Bonchev–Trinajstić information content (AvgIpc) is 2.84. The van der Waals surface area contributed by atoms with Crippen molar-refractivity contribution in [2.75, 3.05) is 7.11 Å². The zero-order chi connectivity index (χ0) is 22.8. The third-order valence-corrected chi connectivity index (χ3v) is 5.14. The van der Waals surface area contributed by atoms with Gasteiger partial charge in [-0.1, -0.05) is 55.5 Å². The van der Waals surface area contributed by atoms with Gasteiger partial charge in [-0.15, -0.1) is 0 Å². The van der Waals surface area contributed by atoms with E-state index in [0.717, 1.165) is 22.6 Å². The van der Waals surface area contributed by atoms with E-state index in [1.807, 2.05) is 79.7 Å².